The minimum absolute atomic E-state index is 0.0630. The fourth-order valence-corrected chi connectivity index (χ4v) is 6.11. The number of thiophene rings is 1. The maximum absolute atomic E-state index is 11.7. The van der Waals surface area contributed by atoms with Gasteiger partial charge in [0.2, 0.25) is 0 Å². The lowest BCUT2D eigenvalue weighted by molar-refractivity contribution is 0.112. The molecular formula is C13H13BrN2O3S2. The predicted octanol–water partition coefficient (Wildman–Crippen LogP) is 2.72. The van der Waals surface area contributed by atoms with Crippen LogP contribution in [-0.4, -0.2) is 36.0 Å². The van der Waals surface area contributed by atoms with Gasteiger partial charge in [-0.15, -0.1) is 11.3 Å². The molecule has 0 spiro atoms. The fraction of sp³-hybridized carbons (Fsp3) is 0.385. The van der Waals surface area contributed by atoms with E-state index < -0.39 is 15.4 Å². The molecule has 1 saturated heterocycles. The van der Waals surface area contributed by atoms with Gasteiger partial charge in [-0.2, -0.15) is 5.10 Å². The van der Waals surface area contributed by atoms with Gasteiger partial charge in [0.05, 0.1) is 27.5 Å². The number of hydrogen-bond acceptors (Lipinski definition) is 5. The van der Waals surface area contributed by atoms with E-state index in [0.717, 1.165) is 15.6 Å². The molecule has 0 bridgehead atoms. The first-order valence-electron chi connectivity index (χ1n) is 6.33. The zero-order chi connectivity index (χ0) is 15.3. The average molecular weight is 389 g/mol. The predicted molar refractivity (Wildman–Crippen MR) is 85.5 cm³/mol. The first-order chi connectivity index (χ1) is 9.83. The molecule has 0 N–H and O–H groups in total. The van der Waals surface area contributed by atoms with Crippen molar-refractivity contribution >= 4 is 43.4 Å². The van der Waals surface area contributed by atoms with Crippen LogP contribution in [0.5, 0.6) is 0 Å². The standard InChI is InChI=1S/C13H13BrN2O3S2/c1-13(2-3-21(18,19)8-13)16-5-9(6-17)12(15-16)11-4-10(14)7-20-11/h4-7H,2-3,8H2,1H3. The lowest BCUT2D eigenvalue weighted by Gasteiger charge is -2.22. The second kappa shape index (κ2) is 5.03. The summed E-state index contributed by atoms with van der Waals surface area (Å²) in [4.78, 5) is 12.2. The monoisotopic (exact) mass is 388 g/mol. The van der Waals surface area contributed by atoms with Crippen LogP contribution < -0.4 is 0 Å². The number of hydrogen-bond donors (Lipinski definition) is 0. The number of halogens is 1. The van der Waals surface area contributed by atoms with E-state index >= 15 is 0 Å². The van der Waals surface area contributed by atoms with E-state index in [-0.39, 0.29) is 11.5 Å². The van der Waals surface area contributed by atoms with Gasteiger partial charge in [-0.25, -0.2) is 8.42 Å². The highest BCUT2D eigenvalue weighted by molar-refractivity contribution is 9.10. The second-order valence-corrected chi connectivity index (χ2v) is 9.47. The van der Waals surface area contributed by atoms with Crippen LogP contribution in [0.25, 0.3) is 10.6 Å². The lowest BCUT2D eigenvalue weighted by atomic mass is 10.0. The summed E-state index contributed by atoms with van der Waals surface area (Å²) < 4.78 is 26.1. The van der Waals surface area contributed by atoms with E-state index in [1.165, 1.54) is 11.3 Å². The maximum atomic E-state index is 11.7. The Balaban J connectivity index is 2.06. The first-order valence-corrected chi connectivity index (χ1v) is 9.83. The van der Waals surface area contributed by atoms with Crippen molar-refractivity contribution in [2.45, 2.75) is 18.9 Å². The van der Waals surface area contributed by atoms with E-state index in [4.69, 9.17) is 0 Å². The van der Waals surface area contributed by atoms with Crippen LogP contribution in [0.4, 0.5) is 0 Å². The molecule has 1 aliphatic heterocycles. The van der Waals surface area contributed by atoms with Crippen LogP contribution in [0.2, 0.25) is 0 Å². The van der Waals surface area contributed by atoms with Crippen LogP contribution in [-0.2, 0) is 15.4 Å². The quantitative estimate of drug-likeness (QED) is 0.757. The van der Waals surface area contributed by atoms with E-state index in [9.17, 15) is 13.2 Å². The molecule has 3 heterocycles. The van der Waals surface area contributed by atoms with Gasteiger partial charge in [0.1, 0.15) is 5.69 Å². The van der Waals surface area contributed by atoms with Crippen molar-refractivity contribution in [2.75, 3.05) is 11.5 Å². The van der Waals surface area contributed by atoms with E-state index in [1.54, 1.807) is 10.9 Å². The van der Waals surface area contributed by atoms with Gasteiger partial charge in [-0.3, -0.25) is 9.48 Å². The van der Waals surface area contributed by atoms with Gasteiger partial charge in [0.15, 0.2) is 16.1 Å². The molecular weight excluding hydrogens is 376 g/mol. The molecule has 21 heavy (non-hydrogen) atoms. The van der Waals surface area contributed by atoms with Crippen LogP contribution in [0, 0.1) is 0 Å². The molecule has 3 rings (SSSR count). The van der Waals surface area contributed by atoms with Crippen molar-refractivity contribution in [1.82, 2.24) is 9.78 Å². The molecule has 5 nitrogen and oxygen atoms in total. The fourth-order valence-electron chi connectivity index (χ4n) is 2.55. The third-order valence-corrected chi connectivity index (χ3v) is 7.29. The summed E-state index contributed by atoms with van der Waals surface area (Å²) in [6.07, 6.45) is 2.93. The minimum Gasteiger partial charge on any atom is -0.298 e. The highest BCUT2D eigenvalue weighted by Crippen LogP contribution is 2.35. The summed E-state index contributed by atoms with van der Waals surface area (Å²) in [7, 11) is -3.03. The SMILES string of the molecule is CC1(n2cc(C=O)c(-c3cc(Br)cs3)n2)CCS(=O)(=O)C1. The van der Waals surface area contributed by atoms with Crippen molar-refractivity contribution in [1.29, 1.82) is 0 Å². The maximum Gasteiger partial charge on any atom is 0.153 e. The topological polar surface area (TPSA) is 69.0 Å². The Morgan fingerprint density at radius 3 is 2.81 bits per heavy atom. The largest absolute Gasteiger partial charge is 0.298 e. The molecule has 2 aromatic heterocycles. The van der Waals surface area contributed by atoms with Gasteiger partial charge >= 0.3 is 0 Å². The lowest BCUT2D eigenvalue weighted by Crippen LogP contribution is -2.31. The van der Waals surface area contributed by atoms with Crippen molar-refractivity contribution < 1.29 is 13.2 Å². The van der Waals surface area contributed by atoms with Crippen LogP contribution in [0.3, 0.4) is 0 Å². The van der Waals surface area contributed by atoms with Gasteiger partial charge in [-0.05, 0) is 35.3 Å². The van der Waals surface area contributed by atoms with Gasteiger partial charge in [0, 0.05) is 16.0 Å². The number of aldehydes is 1. The zero-order valence-electron chi connectivity index (χ0n) is 11.2. The molecule has 1 unspecified atom stereocenters. The molecule has 1 atom stereocenters. The van der Waals surface area contributed by atoms with Crippen LogP contribution >= 0.6 is 27.3 Å². The second-order valence-electron chi connectivity index (χ2n) is 5.46. The van der Waals surface area contributed by atoms with Gasteiger partial charge in [0.25, 0.3) is 0 Å². The van der Waals surface area contributed by atoms with Crippen molar-refractivity contribution in [3.8, 4) is 10.6 Å². The van der Waals surface area contributed by atoms with Crippen molar-refractivity contribution in [3.05, 3.63) is 27.7 Å². The van der Waals surface area contributed by atoms with Crippen LogP contribution in [0.1, 0.15) is 23.7 Å². The van der Waals surface area contributed by atoms with Crippen molar-refractivity contribution in [3.63, 3.8) is 0 Å². The number of rotatable bonds is 3. The number of nitrogens with zero attached hydrogens (tertiary/aromatic N) is 2. The summed E-state index contributed by atoms with van der Waals surface area (Å²) in [5, 5.41) is 6.42. The minimum atomic E-state index is -3.03. The summed E-state index contributed by atoms with van der Waals surface area (Å²) in [6, 6.07) is 1.90. The Hall–Kier alpha value is -0.990. The zero-order valence-corrected chi connectivity index (χ0v) is 14.5. The Morgan fingerprint density at radius 2 is 2.29 bits per heavy atom. The summed E-state index contributed by atoms with van der Waals surface area (Å²) in [5.74, 6) is 0.229. The number of carbonyl (C=O) groups is 1. The average Bonchev–Trinajstić information content (AvgIpc) is 3.07. The Labute approximate surface area is 135 Å². The summed E-state index contributed by atoms with van der Waals surface area (Å²) >= 11 is 4.87. The molecule has 0 radical (unpaired) electrons. The highest BCUT2D eigenvalue weighted by Gasteiger charge is 2.41. The van der Waals surface area contributed by atoms with E-state index in [0.29, 0.717) is 17.7 Å². The third-order valence-electron chi connectivity index (χ3n) is 3.71. The Kier molecular flexibility index (Phi) is 3.58. The number of carbonyl (C=O) groups excluding carboxylic acids is 1. The Morgan fingerprint density at radius 1 is 1.52 bits per heavy atom. The number of aromatic nitrogens is 2. The molecule has 112 valence electrons. The van der Waals surface area contributed by atoms with E-state index in [2.05, 4.69) is 21.0 Å². The normalized spacial score (nSPS) is 24.3. The molecule has 0 saturated carbocycles. The highest BCUT2D eigenvalue weighted by atomic mass is 79.9. The molecule has 0 aromatic carbocycles. The van der Waals surface area contributed by atoms with E-state index in [1.807, 2.05) is 18.4 Å². The third kappa shape index (κ3) is 2.72. The van der Waals surface area contributed by atoms with Crippen LogP contribution in [0.15, 0.2) is 22.1 Å². The smallest absolute Gasteiger partial charge is 0.153 e. The van der Waals surface area contributed by atoms with Gasteiger partial charge in [-0.1, -0.05) is 0 Å². The summed E-state index contributed by atoms with van der Waals surface area (Å²) in [5.41, 5.74) is 0.504. The Bertz CT molecular complexity index is 809. The summed E-state index contributed by atoms with van der Waals surface area (Å²) in [6.45, 7) is 1.87. The molecule has 2 aromatic rings. The van der Waals surface area contributed by atoms with Gasteiger partial charge < -0.3 is 0 Å². The molecule has 1 fully saturated rings. The first kappa shape index (κ1) is 14.9. The number of sulfone groups is 1. The molecule has 0 aliphatic carbocycles. The molecule has 8 heteroatoms. The molecule has 1 aliphatic rings. The van der Waals surface area contributed by atoms with Crippen molar-refractivity contribution in [2.24, 2.45) is 0 Å². The molecule has 0 amide bonds.